The molecule has 1 aliphatic carbocycles. The van der Waals surface area contributed by atoms with Gasteiger partial charge >= 0.3 is 0 Å². The summed E-state index contributed by atoms with van der Waals surface area (Å²) in [6, 6.07) is 7.30. The summed E-state index contributed by atoms with van der Waals surface area (Å²) in [5, 5.41) is 3.13. The first kappa shape index (κ1) is 15.5. The highest BCUT2D eigenvalue weighted by Crippen LogP contribution is 2.28. The second kappa shape index (κ2) is 6.70. The highest BCUT2D eigenvalue weighted by Gasteiger charge is 2.19. The van der Waals surface area contributed by atoms with E-state index < -0.39 is 10.0 Å². The molecule has 0 radical (unpaired) electrons. The van der Waals surface area contributed by atoms with Gasteiger partial charge in [0.25, 0.3) is 0 Å². The zero-order valence-electron chi connectivity index (χ0n) is 12.2. The van der Waals surface area contributed by atoms with Crippen LogP contribution in [0.5, 0.6) is 0 Å². The Morgan fingerprint density at radius 2 is 1.90 bits per heavy atom. The number of benzene rings is 1. The summed E-state index contributed by atoms with van der Waals surface area (Å²) < 4.78 is 27.0. The van der Waals surface area contributed by atoms with Gasteiger partial charge in [-0.15, -0.1) is 0 Å². The predicted molar refractivity (Wildman–Crippen MR) is 81.1 cm³/mol. The Morgan fingerprint density at radius 3 is 2.40 bits per heavy atom. The minimum absolute atomic E-state index is 0.221. The van der Waals surface area contributed by atoms with E-state index in [-0.39, 0.29) is 6.04 Å². The molecule has 20 heavy (non-hydrogen) atoms. The fraction of sp³-hybridized carbons (Fsp3) is 0.600. The highest BCUT2D eigenvalue weighted by molar-refractivity contribution is 7.89. The molecular formula is C15H24N2O2S. The molecule has 1 unspecified atom stereocenters. The van der Waals surface area contributed by atoms with Crippen molar-refractivity contribution in [2.75, 3.05) is 13.6 Å². The normalized spacial score (nSPS) is 17.7. The molecule has 0 saturated heterocycles. The molecule has 0 aliphatic heterocycles. The van der Waals surface area contributed by atoms with Crippen LogP contribution in [0.3, 0.4) is 0 Å². The Bertz CT molecular complexity index is 521. The van der Waals surface area contributed by atoms with Crippen LogP contribution in [-0.4, -0.2) is 22.0 Å². The van der Waals surface area contributed by atoms with Crippen LogP contribution in [0.25, 0.3) is 0 Å². The van der Waals surface area contributed by atoms with Gasteiger partial charge < -0.3 is 5.32 Å². The predicted octanol–water partition coefficient (Wildman–Crippen LogP) is 2.44. The molecule has 0 amide bonds. The topological polar surface area (TPSA) is 58.2 Å². The average Bonchev–Trinajstić information content (AvgIpc) is 2.41. The fourth-order valence-electron chi connectivity index (χ4n) is 2.36. The second-order valence-corrected chi connectivity index (χ2v) is 7.33. The van der Waals surface area contributed by atoms with Gasteiger partial charge in [0.1, 0.15) is 0 Å². The summed E-state index contributed by atoms with van der Waals surface area (Å²) in [4.78, 5) is 0.346. The summed E-state index contributed by atoms with van der Waals surface area (Å²) in [5.41, 5.74) is 1.08. The molecule has 1 aliphatic rings. The first-order valence-corrected chi connectivity index (χ1v) is 8.78. The lowest BCUT2D eigenvalue weighted by Gasteiger charge is -2.25. The summed E-state index contributed by atoms with van der Waals surface area (Å²) in [6.07, 6.45) is 4.74. The van der Waals surface area contributed by atoms with E-state index in [0.717, 1.165) is 17.9 Å². The first-order chi connectivity index (χ1) is 9.53. The molecule has 2 rings (SSSR count). The van der Waals surface area contributed by atoms with Crippen molar-refractivity contribution in [2.24, 2.45) is 5.92 Å². The summed E-state index contributed by atoms with van der Waals surface area (Å²) >= 11 is 0. The molecule has 1 aromatic carbocycles. The summed E-state index contributed by atoms with van der Waals surface area (Å²) in [6.45, 7) is 2.59. The minimum Gasteiger partial charge on any atom is -0.313 e. The third-order valence-electron chi connectivity index (χ3n) is 4.19. The smallest absolute Gasteiger partial charge is 0.240 e. The third-order valence-corrected chi connectivity index (χ3v) is 5.67. The van der Waals surface area contributed by atoms with Crippen molar-refractivity contribution < 1.29 is 8.42 Å². The van der Waals surface area contributed by atoms with E-state index in [9.17, 15) is 8.42 Å². The van der Waals surface area contributed by atoms with Crippen molar-refractivity contribution in [2.45, 2.75) is 43.5 Å². The Hall–Kier alpha value is -0.910. The van der Waals surface area contributed by atoms with E-state index in [0.29, 0.717) is 11.4 Å². The monoisotopic (exact) mass is 296 g/mol. The molecule has 4 nitrogen and oxygen atoms in total. The molecule has 1 aromatic rings. The van der Waals surface area contributed by atoms with Gasteiger partial charge in [-0.1, -0.05) is 31.4 Å². The van der Waals surface area contributed by atoms with Crippen molar-refractivity contribution in [3.63, 3.8) is 0 Å². The Morgan fingerprint density at radius 1 is 1.25 bits per heavy atom. The van der Waals surface area contributed by atoms with Crippen LogP contribution in [0.1, 0.15) is 44.2 Å². The quantitative estimate of drug-likeness (QED) is 0.812. The molecule has 1 fully saturated rings. The molecule has 0 spiro atoms. The largest absolute Gasteiger partial charge is 0.313 e. The number of nitrogens with one attached hydrogen (secondary N) is 2. The van der Waals surface area contributed by atoms with Gasteiger partial charge in [0.15, 0.2) is 0 Å². The van der Waals surface area contributed by atoms with Gasteiger partial charge in [-0.25, -0.2) is 13.1 Å². The molecule has 0 heterocycles. The Kier molecular flexibility index (Phi) is 5.18. The van der Waals surface area contributed by atoms with E-state index >= 15 is 0 Å². The van der Waals surface area contributed by atoms with Crippen LogP contribution in [0.2, 0.25) is 0 Å². The van der Waals surface area contributed by atoms with Gasteiger partial charge in [-0.05, 0) is 44.0 Å². The molecule has 0 bridgehead atoms. The van der Waals surface area contributed by atoms with Crippen molar-refractivity contribution >= 4 is 10.0 Å². The Labute approximate surface area is 122 Å². The van der Waals surface area contributed by atoms with Gasteiger partial charge in [0.2, 0.25) is 10.0 Å². The standard InChI is InChI=1S/C15H24N2O2S/c1-12(16-2)14-6-8-15(9-7-14)20(18,19)17-11-10-13-4-3-5-13/h6-9,12-13,16-17H,3-5,10-11H2,1-2H3. The minimum atomic E-state index is -3.36. The fourth-order valence-corrected chi connectivity index (χ4v) is 3.41. The molecule has 0 aromatic heterocycles. The maximum absolute atomic E-state index is 12.1. The second-order valence-electron chi connectivity index (χ2n) is 5.56. The summed E-state index contributed by atoms with van der Waals surface area (Å²) in [7, 11) is -1.47. The Balaban J connectivity index is 1.94. The third kappa shape index (κ3) is 3.81. The number of hydrogen-bond acceptors (Lipinski definition) is 3. The molecule has 2 N–H and O–H groups in total. The van der Waals surface area contributed by atoms with Crippen LogP contribution in [-0.2, 0) is 10.0 Å². The SMILES string of the molecule is CNC(C)c1ccc(S(=O)(=O)NCCC2CCC2)cc1. The number of rotatable bonds is 7. The van der Waals surface area contributed by atoms with E-state index in [2.05, 4.69) is 10.0 Å². The van der Waals surface area contributed by atoms with Crippen LogP contribution < -0.4 is 10.0 Å². The number of hydrogen-bond donors (Lipinski definition) is 2. The van der Waals surface area contributed by atoms with Gasteiger partial charge in [0.05, 0.1) is 4.90 Å². The summed E-state index contributed by atoms with van der Waals surface area (Å²) in [5.74, 6) is 0.719. The van der Waals surface area contributed by atoms with Crippen LogP contribution in [0.4, 0.5) is 0 Å². The van der Waals surface area contributed by atoms with E-state index in [1.807, 2.05) is 26.1 Å². The first-order valence-electron chi connectivity index (χ1n) is 7.30. The molecular weight excluding hydrogens is 272 g/mol. The molecule has 5 heteroatoms. The van der Waals surface area contributed by atoms with Crippen molar-refractivity contribution in [1.29, 1.82) is 0 Å². The van der Waals surface area contributed by atoms with E-state index in [1.165, 1.54) is 19.3 Å². The van der Waals surface area contributed by atoms with Crippen LogP contribution in [0, 0.1) is 5.92 Å². The van der Waals surface area contributed by atoms with Crippen molar-refractivity contribution in [1.82, 2.24) is 10.0 Å². The van der Waals surface area contributed by atoms with Crippen molar-refractivity contribution in [3.05, 3.63) is 29.8 Å². The van der Waals surface area contributed by atoms with E-state index in [1.54, 1.807) is 12.1 Å². The van der Waals surface area contributed by atoms with Gasteiger partial charge in [-0.2, -0.15) is 0 Å². The molecule has 1 atom stereocenters. The zero-order valence-corrected chi connectivity index (χ0v) is 13.0. The number of sulfonamides is 1. The zero-order chi connectivity index (χ0) is 14.6. The van der Waals surface area contributed by atoms with Gasteiger partial charge in [-0.3, -0.25) is 0 Å². The lowest BCUT2D eigenvalue weighted by molar-refractivity contribution is 0.297. The van der Waals surface area contributed by atoms with E-state index in [4.69, 9.17) is 0 Å². The average molecular weight is 296 g/mol. The van der Waals surface area contributed by atoms with Crippen LogP contribution in [0.15, 0.2) is 29.2 Å². The van der Waals surface area contributed by atoms with Crippen molar-refractivity contribution in [3.8, 4) is 0 Å². The van der Waals surface area contributed by atoms with Crippen LogP contribution >= 0.6 is 0 Å². The lowest BCUT2D eigenvalue weighted by Crippen LogP contribution is -2.27. The lowest BCUT2D eigenvalue weighted by atomic mass is 9.83. The maximum Gasteiger partial charge on any atom is 0.240 e. The maximum atomic E-state index is 12.1. The highest BCUT2D eigenvalue weighted by atomic mass is 32.2. The van der Waals surface area contributed by atoms with Gasteiger partial charge in [0, 0.05) is 12.6 Å². The molecule has 112 valence electrons. The molecule has 1 saturated carbocycles.